The van der Waals surface area contributed by atoms with Crippen LogP contribution in [-0.4, -0.2) is 34.0 Å². The van der Waals surface area contributed by atoms with Crippen molar-refractivity contribution in [1.29, 1.82) is 0 Å². The first-order valence-corrected chi connectivity index (χ1v) is 9.90. The van der Waals surface area contributed by atoms with Gasteiger partial charge in [0.1, 0.15) is 11.8 Å². The number of amides is 1. The molecule has 1 aliphatic heterocycles. The lowest BCUT2D eigenvalue weighted by Gasteiger charge is -2.24. The smallest absolute Gasteiger partial charge is 0.304 e. The van der Waals surface area contributed by atoms with Crippen LogP contribution >= 0.6 is 11.3 Å². The number of alkyl halides is 3. The molecule has 30 heavy (non-hydrogen) atoms. The average Bonchev–Trinajstić information content (AvgIpc) is 3.39. The van der Waals surface area contributed by atoms with Crippen molar-refractivity contribution in [2.24, 2.45) is 0 Å². The third-order valence-corrected chi connectivity index (χ3v) is 5.63. The number of halogens is 3. The van der Waals surface area contributed by atoms with Crippen molar-refractivity contribution < 1.29 is 27.5 Å². The number of Topliss-reactive ketones (excluding diaryl/α,β-unsaturated/α-hetero) is 1. The van der Waals surface area contributed by atoms with E-state index in [-0.39, 0.29) is 17.4 Å². The highest BCUT2D eigenvalue weighted by molar-refractivity contribution is 7.19. The maximum atomic E-state index is 13.0. The minimum atomic E-state index is -3.22. The van der Waals surface area contributed by atoms with Crippen molar-refractivity contribution >= 4 is 28.2 Å². The van der Waals surface area contributed by atoms with Crippen LogP contribution in [0.25, 0.3) is 10.4 Å². The Hall–Kier alpha value is -3.14. The topological polar surface area (TPSA) is 73.2 Å². The second-order valence-electron chi connectivity index (χ2n) is 6.63. The minimum absolute atomic E-state index is 0.0145. The Labute approximate surface area is 173 Å². The fourth-order valence-electron chi connectivity index (χ4n) is 3.23. The fraction of sp³-hybridized carbons (Fsp3) is 0.250. The van der Waals surface area contributed by atoms with E-state index in [1.54, 1.807) is 41.2 Å². The number of aromatic nitrogens is 2. The SMILES string of the molecule is O=C1CCC(C(=O)Nc2ncc(-c3ccc(OC(F)C(F)F)cc3)s2)n2cccc21. The van der Waals surface area contributed by atoms with E-state index in [9.17, 15) is 22.8 Å². The molecule has 0 aliphatic carbocycles. The van der Waals surface area contributed by atoms with Gasteiger partial charge in [-0.25, -0.2) is 13.8 Å². The average molecular weight is 435 g/mol. The van der Waals surface area contributed by atoms with Gasteiger partial charge >= 0.3 is 6.43 Å². The number of rotatable bonds is 6. The quantitative estimate of drug-likeness (QED) is 0.609. The molecule has 6 nitrogen and oxygen atoms in total. The van der Waals surface area contributed by atoms with E-state index in [0.29, 0.717) is 29.2 Å². The molecule has 0 saturated heterocycles. The first kappa shape index (κ1) is 20.1. The molecule has 2 aromatic heterocycles. The van der Waals surface area contributed by atoms with Crippen molar-refractivity contribution in [2.45, 2.75) is 31.7 Å². The van der Waals surface area contributed by atoms with Gasteiger partial charge in [-0.05, 0) is 48.4 Å². The number of hydrogen-bond donors (Lipinski definition) is 1. The van der Waals surface area contributed by atoms with Crippen molar-refractivity contribution in [3.05, 3.63) is 54.5 Å². The molecule has 0 fully saturated rings. The van der Waals surface area contributed by atoms with Crippen LogP contribution in [0.4, 0.5) is 18.3 Å². The first-order valence-electron chi connectivity index (χ1n) is 9.08. The summed E-state index contributed by atoms with van der Waals surface area (Å²) in [6.45, 7) is 0. The molecule has 4 rings (SSSR count). The van der Waals surface area contributed by atoms with Gasteiger partial charge in [-0.3, -0.25) is 9.59 Å². The predicted molar refractivity (Wildman–Crippen MR) is 105 cm³/mol. The molecule has 1 N–H and O–H groups in total. The summed E-state index contributed by atoms with van der Waals surface area (Å²) in [6.07, 6.45) is -1.90. The van der Waals surface area contributed by atoms with Crippen LogP contribution < -0.4 is 10.1 Å². The van der Waals surface area contributed by atoms with E-state index in [2.05, 4.69) is 15.0 Å². The van der Waals surface area contributed by atoms with Crippen LogP contribution in [0.2, 0.25) is 0 Å². The number of thiazole rings is 1. The van der Waals surface area contributed by atoms with Gasteiger partial charge in [0.15, 0.2) is 10.9 Å². The second kappa shape index (κ2) is 8.31. The van der Waals surface area contributed by atoms with E-state index < -0.39 is 18.8 Å². The van der Waals surface area contributed by atoms with E-state index >= 15 is 0 Å². The third kappa shape index (κ3) is 4.09. The lowest BCUT2D eigenvalue weighted by atomic mass is 10.0. The molecule has 3 heterocycles. The zero-order valence-corrected chi connectivity index (χ0v) is 16.2. The zero-order chi connectivity index (χ0) is 21.3. The number of ether oxygens (including phenoxy) is 1. The van der Waals surface area contributed by atoms with Crippen LogP contribution in [0, 0.1) is 0 Å². The highest BCUT2D eigenvalue weighted by atomic mass is 32.1. The molecule has 1 aromatic carbocycles. The molecule has 0 saturated carbocycles. The van der Waals surface area contributed by atoms with Gasteiger partial charge in [0.2, 0.25) is 5.91 Å². The van der Waals surface area contributed by atoms with Gasteiger partial charge in [0.25, 0.3) is 6.36 Å². The van der Waals surface area contributed by atoms with Gasteiger partial charge in [-0.1, -0.05) is 11.3 Å². The Morgan fingerprint density at radius 1 is 1.23 bits per heavy atom. The first-order chi connectivity index (χ1) is 14.4. The normalized spacial score (nSPS) is 16.9. The van der Waals surface area contributed by atoms with Crippen LogP contribution in [0.3, 0.4) is 0 Å². The highest BCUT2D eigenvalue weighted by Gasteiger charge is 2.30. The van der Waals surface area contributed by atoms with E-state index in [1.807, 2.05) is 0 Å². The number of nitrogens with zero attached hydrogens (tertiary/aromatic N) is 2. The monoisotopic (exact) mass is 435 g/mol. The number of ketones is 1. The van der Waals surface area contributed by atoms with E-state index in [4.69, 9.17) is 0 Å². The fourth-order valence-corrected chi connectivity index (χ4v) is 4.05. The Kier molecular flexibility index (Phi) is 5.58. The molecule has 10 heteroatoms. The molecule has 1 aliphatic rings. The van der Waals surface area contributed by atoms with Gasteiger partial charge in [-0.15, -0.1) is 0 Å². The molecule has 3 aromatic rings. The number of hydrogen-bond acceptors (Lipinski definition) is 5. The summed E-state index contributed by atoms with van der Waals surface area (Å²) < 4.78 is 43.6. The molecule has 0 bridgehead atoms. The lowest BCUT2D eigenvalue weighted by molar-refractivity contribution is -0.119. The van der Waals surface area contributed by atoms with Crippen molar-refractivity contribution in [2.75, 3.05) is 5.32 Å². The summed E-state index contributed by atoms with van der Waals surface area (Å²) in [5, 5.41) is 3.17. The molecule has 0 radical (unpaired) electrons. The summed E-state index contributed by atoms with van der Waals surface area (Å²) in [5.74, 6) is -0.259. The lowest BCUT2D eigenvalue weighted by Crippen LogP contribution is -2.31. The van der Waals surface area contributed by atoms with Crippen LogP contribution in [-0.2, 0) is 4.79 Å². The molecular weight excluding hydrogens is 419 g/mol. The van der Waals surface area contributed by atoms with Gasteiger partial charge in [0.05, 0.1) is 10.6 Å². The largest absolute Gasteiger partial charge is 0.454 e. The molecule has 156 valence electrons. The standard InChI is InChI=1S/C20H16F3N3O3S/c21-17(22)18(23)29-12-5-3-11(4-6-12)16-10-24-20(30-16)25-19(28)14-7-8-15(27)13-2-1-9-26(13)14/h1-6,9-10,14,17-18H,7-8H2,(H,24,25,28). The van der Waals surface area contributed by atoms with Crippen LogP contribution in [0.15, 0.2) is 48.8 Å². The summed E-state index contributed by atoms with van der Waals surface area (Å²) in [6, 6.07) is 8.89. The Bertz CT molecular complexity index is 1060. The Morgan fingerprint density at radius 2 is 2.00 bits per heavy atom. The van der Waals surface area contributed by atoms with Crippen LogP contribution in [0.5, 0.6) is 5.75 Å². The third-order valence-electron chi connectivity index (χ3n) is 4.67. The number of fused-ring (bicyclic) bond motifs is 1. The highest BCUT2D eigenvalue weighted by Crippen LogP contribution is 2.32. The molecule has 1 amide bonds. The second-order valence-corrected chi connectivity index (χ2v) is 7.66. The number of carbonyl (C=O) groups is 2. The predicted octanol–water partition coefficient (Wildman–Crippen LogP) is 4.71. The summed E-state index contributed by atoms with van der Waals surface area (Å²) in [4.78, 5) is 29.5. The van der Waals surface area contributed by atoms with E-state index in [1.165, 1.54) is 23.5 Å². The van der Waals surface area contributed by atoms with Gasteiger partial charge in [-0.2, -0.15) is 4.39 Å². The summed E-state index contributed by atoms with van der Waals surface area (Å²) in [7, 11) is 0. The minimum Gasteiger partial charge on any atom is -0.454 e. The van der Waals surface area contributed by atoms with Crippen molar-refractivity contribution in [1.82, 2.24) is 9.55 Å². The van der Waals surface area contributed by atoms with Crippen molar-refractivity contribution in [3.8, 4) is 16.2 Å². The van der Waals surface area contributed by atoms with Crippen LogP contribution in [0.1, 0.15) is 29.4 Å². The maximum absolute atomic E-state index is 13.0. The van der Waals surface area contributed by atoms with Gasteiger partial charge < -0.3 is 14.6 Å². The Morgan fingerprint density at radius 3 is 2.73 bits per heavy atom. The van der Waals surface area contributed by atoms with E-state index in [0.717, 1.165) is 4.88 Å². The Balaban J connectivity index is 1.43. The summed E-state index contributed by atoms with van der Waals surface area (Å²) in [5.41, 5.74) is 1.23. The molecule has 2 unspecified atom stereocenters. The molecule has 0 spiro atoms. The maximum Gasteiger partial charge on any atom is 0.304 e. The number of nitrogens with one attached hydrogen (secondary N) is 1. The number of anilines is 1. The molecule has 2 atom stereocenters. The number of carbonyl (C=O) groups excluding carboxylic acids is 2. The molecular formula is C20H16F3N3O3S. The van der Waals surface area contributed by atoms with Crippen molar-refractivity contribution in [3.63, 3.8) is 0 Å². The van der Waals surface area contributed by atoms with Gasteiger partial charge in [0, 0.05) is 18.8 Å². The summed E-state index contributed by atoms with van der Waals surface area (Å²) >= 11 is 1.23. The number of benzene rings is 1. The zero-order valence-electron chi connectivity index (χ0n) is 15.4.